The second-order valence-electron chi connectivity index (χ2n) is 10.4. The summed E-state index contributed by atoms with van der Waals surface area (Å²) in [5.74, 6) is 1.35. The molecule has 4 heteroatoms. The SMILES string of the molecule is CCc1cc(C[C@@H]2CCc3cccc(O)c32)ccc1C1CCN(C(=O)OC(C)(C)C)CC1. The molecule has 1 fully saturated rings. The molecule has 1 N–H and O–H groups in total. The fourth-order valence-electron chi connectivity index (χ4n) is 5.44. The van der Waals surface area contributed by atoms with Gasteiger partial charge in [-0.15, -0.1) is 0 Å². The summed E-state index contributed by atoms with van der Waals surface area (Å²) in [6.07, 6.45) is 5.94. The molecule has 0 spiro atoms. The van der Waals surface area contributed by atoms with E-state index >= 15 is 0 Å². The highest BCUT2D eigenvalue weighted by Gasteiger charge is 2.29. The standard InChI is InChI=1S/C28H37NO3/c1-5-20-17-19(18-23-11-10-22-7-6-8-25(30)26(22)23)9-12-24(20)21-13-15-29(16-14-21)27(31)32-28(2,3)4/h6-9,12,17,21,23,30H,5,10-11,13-16,18H2,1-4H3/t23-/m0/s1. The molecule has 4 rings (SSSR count). The Morgan fingerprint density at radius 2 is 1.88 bits per heavy atom. The molecular formula is C28H37NO3. The quantitative estimate of drug-likeness (QED) is 0.609. The number of amides is 1. The van der Waals surface area contributed by atoms with Gasteiger partial charge < -0.3 is 14.7 Å². The second-order valence-corrected chi connectivity index (χ2v) is 10.4. The first-order chi connectivity index (χ1) is 15.2. The third-order valence-corrected chi connectivity index (χ3v) is 7.00. The van der Waals surface area contributed by atoms with Crippen LogP contribution in [-0.2, 0) is 24.0 Å². The number of hydrogen-bond donors (Lipinski definition) is 1. The van der Waals surface area contributed by atoms with Crippen molar-refractivity contribution in [1.82, 2.24) is 4.90 Å². The minimum absolute atomic E-state index is 0.192. The van der Waals surface area contributed by atoms with Crippen LogP contribution in [0.3, 0.4) is 0 Å². The normalized spacial score (nSPS) is 19.1. The van der Waals surface area contributed by atoms with Gasteiger partial charge in [0, 0.05) is 18.7 Å². The Balaban J connectivity index is 1.43. The molecule has 1 heterocycles. The lowest BCUT2D eigenvalue weighted by atomic mass is 9.84. The lowest BCUT2D eigenvalue weighted by molar-refractivity contribution is 0.0204. The number of aryl methyl sites for hydroxylation is 2. The van der Waals surface area contributed by atoms with Crippen LogP contribution in [0.25, 0.3) is 0 Å². The molecular weight excluding hydrogens is 398 g/mol. The van der Waals surface area contributed by atoms with Crippen LogP contribution >= 0.6 is 0 Å². The number of aromatic hydroxyl groups is 1. The fourth-order valence-corrected chi connectivity index (χ4v) is 5.44. The minimum Gasteiger partial charge on any atom is -0.508 e. The number of phenolic OH excluding ortho intramolecular Hbond substituents is 1. The van der Waals surface area contributed by atoms with Crippen LogP contribution in [0.15, 0.2) is 36.4 Å². The molecule has 1 saturated heterocycles. The lowest BCUT2D eigenvalue weighted by Gasteiger charge is -2.34. The molecule has 1 aliphatic carbocycles. The first-order valence-electron chi connectivity index (χ1n) is 12.2. The number of likely N-dealkylation sites (tertiary alicyclic amines) is 1. The summed E-state index contributed by atoms with van der Waals surface area (Å²) < 4.78 is 5.54. The minimum atomic E-state index is -0.449. The van der Waals surface area contributed by atoms with Crippen LogP contribution in [0.1, 0.15) is 86.6 Å². The summed E-state index contributed by atoms with van der Waals surface area (Å²) in [6, 6.07) is 12.9. The van der Waals surface area contributed by atoms with Crippen molar-refractivity contribution in [3.63, 3.8) is 0 Å². The highest BCUT2D eigenvalue weighted by Crippen LogP contribution is 2.41. The zero-order chi connectivity index (χ0) is 22.9. The molecule has 0 saturated carbocycles. The Kier molecular flexibility index (Phi) is 6.50. The van der Waals surface area contributed by atoms with E-state index in [9.17, 15) is 9.90 Å². The molecule has 2 aromatic carbocycles. The summed E-state index contributed by atoms with van der Waals surface area (Å²) in [7, 11) is 0. The number of rotatable bonds is 4. The highest BCUT2D eigenvalue weighted by atomic mass is 16.6. The smallest absolute Gasteiger partial charge is 0.410 e. The van der Waals surface area contributed by atoms with Crippen LogP contribution in [0.5, 0.6) is 5.75 Å². The summed E-state index contributed by atoms with van der Waals surface area (Å²) in [5.41, 5.74) is 6.24. The summed E-state index contributed by atoms with van der Waals surface area (Å²) in [4.78, 5) is 14.2. The Bertz CT molecular complexity index is 967. The summed E-state index contributed by atoms with van der Waals surface area (Å²) in [5, 5.41) is 10.4. The monoisotopic (exact) mass is 435 g/mol. The van der Waals surface area contributed by atoms with Gasteiger partial charge in [-0.1, -0.05) is 37.3 Å². The predicted octanol–water partition coefficient (Wildman–Crippen LogP) is 6.34. The predicted molar refractivity (Wildman–Crippen MR) is 128 cm³/mol. The zero-order valence-corrected chi connectivity index (χ0v) is 20.0. The Hall–Kier alpha value is -2.49. The van der Waals surface area contributed by atoms with Gasteiger partial charge in [-0.05, 0) is 99.5 Å². The molecule has 1 amide bonds. The maximum Gasteiger partial charge on any atom is 0.410 e. The van der Waals surface area contributed by atoms with Gasteiger partial charge in [-0.2, -0.15) is 0 Å². The van der Waals surface area contributed by atoms with Crippen LogP contribution in [0, 0.1) is 0 Å². The maximum absolute atomic E-state index is 12.4. The molecule has 0 unspecified atom stereocenters. The number of hydrogen-bond acceptors (Lipinski definition) is 3. The van der Waals surface area contributed by atoms with E-state index in [0.717, 1.165) is 57.2 Å². The van der Waals surface area contributed by atoms with Crippen LogP contribution in [-0.4, -0.2) is 34.8 Å². The van der Waals surface area contributed by atoms with Gasteiger partial charge in [0.05, 0.1) is 0 Å². The molecule has 1 atom stereocenters. The van der Waals surface area contributed by atoms with Crippen molar-refractivity contribution in [3.05, 3.63) is 64.2 Å². The number of benzene rings is 2. The third-order valence-electron chi connectivity index (χ3n) is 7.00. The Morgan fingerprint density at radius 1 is 1.12 bits per heavy atom. The van der Waals surface area contributed by atoms with E-state index in [1.54, 1.807) is 0 Å². The van der Waals surface area contributed by atoms with Gasteiger partial charge in [0.15, 0.2) is 0 Å². The van der Waals surface area contributed by atoms with Crippen molar-refractivity contribution in [3.8, 4) is 5.75 Å². The first-order valence-corrected chi connectivity index (χ1v) is 12.2. The van der Waals surface area contributed by atoms with Crippen LogP contribution < -0.4 is 0 Å². The van der Waals surface area contributed by atoms with Crippen LogP contribution in [0.2, 0.25) is 0 Å². The number of carbonyl (C=O) groups excluding carboxylic acids is 1. The van der Waals surface area contributed by atoms with Crippen molar-refractivity contribution in [1.29, 1.82) is 0 Å². The first kappa shape index (κ1) is 22.7. The fraction of sp³-hybridized carbons (Fsp3) is 0.536. The molecule has 2 aliphatic rings. The van der Waals surface area contributed by atoms with E-state index in [0.29, 0.717) is 17.6 Å². The number of nitrogens with zero attached hydrogens (tertiary/aromatic N) is 1. The molecule has 172 valence electrons. The number of fused-ring (bicyclic) bond motifs is 1. The van der Waals surface area contributed by atoms with Gasteiger partial charge >= 0.3 is 6.09 Å². The van der Waals surface area contributed by atoms with Crippen molar-refractivity contribution >= 4 is 6.09 Å². The number of piperidine rings is 1. The van der Waals surface area contributed by atoms with E-state index in [1.165, 1.54) is 22.3 Å². The van der Waals surface area contributed by atoms with Gasteiger partial charge in [0.25, 0.3) is 0 Å². The summed E-state index contributed by atoms with van der Waals surface area (Å²) in [6.45, 7) is 9.48. The Morgan fingerprint density at radius 3 is 2.56 bits per heavy atom. The number of ether oxygens (including phenoxy) is 1. The van der Waals surface area contributed by atoms with Crippen molar-refractivity contribution in [2.45, 2.75) is 83.7 Å². The average molecular weight is 436 g/mol. The van der Waals surface area contributed by atoms with E-state index in [2.05, 4.69) is 31.2 Å². The Labute approximate surface area is 192 Å². The van der Waals surface area contributed by atoms with E-state index in [-0.39, 0.29) is 6.09 Å². The topological polar surface area (TPSA) is 49.8 Å². The van der Waals surface area contributed by atoms with Crippen LogP contribution in [0.4, 0.5) is 4.79 Å². The molecule has 1 aliphatic heterocycles. The molecule has 4 nitrogen and oxygen atoms in total. The molecule has 0 radical (unpaired) electrons. The second kappa shape index (κ2) is 9.17. The van der Waals surface area contributed by atoms with E-state index in [1.807, 2.05) is 37.8 Å². The highest BCUT2D eigenvalue weighted by molar-refractivity contribution is 5.68. The average Bonchev–Trinajstić information content (AvgIpc) is 3.16. The number of phenols is 1. The molecule has 32 heavy (non-hydrogen) atoms. The third kappa shape index (κ3) is 4.95. The van der Waals surface area contributed by atoms with E-state index < -0.39 is 5.60 Å². The van der Waals surface area contributed by atoms with Gasteiger partial charge in [-0.3, -0.25) is 0 Å². The zero-order valence-electron chi connectivity index (χ0n) is 20.0. The molecule has 0 bridgehead atoms. The lowest BCUT2D eigenvalue weighted by Crippen LogP contribution is -2.41. The van der Waals surface area contributed by atoms with Gasteiger partial charge in [-0.25, -0.2) is 4.79 Å². The van der Waals surface area contributed by atoms with E-state index in [4.69, 9.17) is 4.74 Å². The van der Waals surface area contributed by atoms with Gasteiger partial charge in [0.1, 0.15) is 11.4 Å². The van der Waals surface area contributed by atoms with Crippen molar-refractivity contribution in [2.24, 2.45) is 0 Å². The number of carbonyl (C=O) groups is 1. The summed E-state index contributed by atoms with van der Waals surface area (Å²) >= 11 is 0. The van der Waals surface area contributed by atoms with Gasteiger partial charge in [0.2, 0.25) is 0 Å². The van der Waals surface area contributed by atoms with Crippen molar-refractivity contribution in [2.75, 3.05) is 13.1 Å². The molecule has 2 aromatic rings. The molecule has 0 aromatic heterocycles. The largest absolute Gasteiger partial charge is 0.508 e. The maximum atomic E-state index is 12.4. The van der Waals surface area contributed by atoms with Crippen molar-refractivity contribution < 1.29 is 14.6 Å².